The van der Waals surface area contributed by atoms with Gasteiger partial charge < -0.3 is 5.32 Å². The number of hydrogen-bond acceptors (Lipinski definition) is 5. The number of carbonyl (C=O) groups excluding carboxylic acids is 1. The fourth-order valence-corrected chi connectivity index (χ4v) is 3.35. The predicted octanol–water partition coefficient (Wildman–Crippen LogP) is 3.35. The topological polar surface area (TPSA) is 66.4 Å². The molecule has 2 aromatic rings. The molecule has 3 rings (SSSR count). The Morgan fingerprint density at radius 1 is 1.40 bits per heavy atom. The van der Waals surface area contributed by atoms with Crippen molar-refractivity contribution in [2.75, 3.05) is 18.4 Å². The Bertz CT molecular complexity index is 834. The molecule has 1 aromatic carbocycles. The molecule has 0 atom stereocenters. The lowest BCUT2D eigenvalue weighted by Crippen LogP contribution is -2.32. The maximum absolute atomic E-state index is 13.1. The van der Waals surface area contributed by atoms with Gasteiger partial charge in [0.25, 0.3) is 5.91 Å². The van der Waals surface area contributed by atoms with Gasteiger partial charge in [0.1, 0.15) is 0 Å². The summed E-state index contributed by atoms with van der Waals surface area (Å²) in [4.78, 5) is 20.5. The summed E-state index contributed by atoms with van der Waals surface area (Å²) in [6.45, 7) is 1.13. The van der Waals surface area contributed by atoms with E-state index in [2.05, 4.69) is 20.6 Å². The summed E-state index contributed by atoms with van der Waals surface area (Å²) in [6, 6.07) is 3.46. The normalized spacial score (nSPS) is 14.2. The minimum Gasteiger partial charge on any atom is -0.364 e. The lowest BCUT2D eigenvalue weighted by Gasteiger charge is -2.12. The number of amides is 1. The highest BCUT2D eigenvalue weighted by Gasteiger charge is 2.33. The number of rotatable bonds is 4. The second kappa shape index (κ2) is 7.01. The number of amidine groups is 1. The van der Waals surface area contributed by atoms with Gasteiger partial charge in [-0.05, 0) is 23.8 Å². The van der Waals surface area contributed by atoms with Crippen molar-refractivity contribution in [3.05, 3.63) is 45.4 Å². The Hall–Kier alpha value is -2.13. The molecule has 0 unspecified atom stereocenters. The van der Waals surface area contributed by atoms with Crippen LogP contribution in [0.25, 0.3) is 0 Å². The highest BCUT2D eigenvalue weighted by Crippen LogP contribution is 2.35. The summed E-state index contributed by atoms with van der Waals surface area (Å²) in [5.41, 5.74) is -0.677. The number of aromatic nitrogens is 1. The quantitative estimate of drug-likeness (QED) is 0.844. The molecule has 2 N–H and O–H groups in total. The van der Waals surface area contributed by atoms with Crippen LogP contribution in [0.2, 0.25) is 5.02 Å². The third-order valence-corrected chi connectivity index (χ3v) is 4.55. The standard InChI is InChI=1S/C15H12ClF3N4OS/c16-9-1-2-11(15(17,18)19)8(5-9)6-10-7-22-14(25-10)23-13(24)12-20-3-4-21-12/h1-2,5,7H,3-4,6H2,(H,20,21)(H,22,23,24). The van der Waals surface area contributed by atoms with Crippen molar-refractivity contribution in [1.82, 2.24) is 10.3 Å². The van der Waals surface area contributed by atoms with E-state index in [0.717, 1.165) is 17.4 Å². The van der Waals surface area contributed by atoms with Gasteiger partial charge in [0.15, 0.2) is 11.0 Å². The van der Waals surface area contributed by atoms with Crippen LogP contribution in [0.1, 0.15) is 16.0 Å². The van der Waals surface area contributed by atoms with Gasteiger partial charge in [-0.1, -0.05) is 11.6 Å². The number of nitrogens with one attached hydrogen (secondary N) is 2. The molecule has 10 heteroatoms. The van der Waals surface area contributed by atoms with Gasteiger partial charge in [0.2, 0.25) is 0 Å². The summed E-state index contributed by atoms with van der Waals surface area (Å²) < 4.78 is 39.3. The summed E-state index contributed by atoms with van der Waals surface area (Å²) in [5, 5.41) is 5.93. The first-order valence-electron chi connectivity index (χ1n) is 7.23. The summed E-state index contributed by atoms with van der Waals surface area (Å²) >= 11 is 6.93. The number of alkyl halides is 3. The van der Waals surface area contributed by atoms with Crippen molar-refractivity contribution in [3.8, 4) is 0 Å². The Kier molecular flexibility index (Phi) is 4.96. The predicted molar refractivity (Wildman–Crippen MR) is 90.3 cm³/mol. The molecule has 1 aliphatic heterocycles. The number of benzene rings is 1. The number of thiazole rings is 1. The molecule has 0 radical (unpaired) electrons. The van der Waals surface area contributed by atoms with E-state index >= 15 is 0 Å². The van der Waals surface area contributed by atoms with E-state index in [4.69, 9.17) is 11.6 Å². The van der Waals surface area contributed by atoms with Crippen LogP contribution >= 0.6 is 22.9 Å². The Morgan fingerprint density at radius 3 is 2.88 bits per heavy atom. The summed E-state index contributed by atoms with van der Waals surface area (Å²) in [5.74, 6) is -0.192. The highest BCUT2D eigenvalue weighted by molar-refractivity contribution is 7.15. The minimum absolute atomic E-state index is 0.0160. The molecule has 0 bridgehead atoms. The molecule has 0 aliphatic carbocycles. The fraction of sp³-hybridized carbons (Fsp3) is 0.267. The molecule has 0 spiro atoms. The van der Waals surface area contributed by atoms with E-state index in [-0.39, 0.29) is 22.8 Å². The van der Waals surface area contributed by atoms with Crippen molar-refractivity contribution in [2.45, 2.75) is 12.6 Å². The lowest BCUT2D eigenvalue weighted by atomic mass is 10.0. The molecule has 132 valence electrons. The average molecular weight is 389 g/mol. The van der Waals surface area contributed by atoms with Crippen molar-refractivity contribution < 1.29 is 18.0 Å². The molecule has 1 amide bonds. The third kappa shape index (κ3) is 4.29. The van der Waals surface area contributed by atoms with Crippen LogP contribution in [0.15, 0.2) is 29.4 Å². The smallest absolute Gasteiger partial charge is 0.364 e. The molecule has 0 saturated heterocycles. The molecule has 0 saturated carbocycles. The van der Waals surface area contributed by atoms with Gasteiger partial charge in [-0.2, -0.15) is 13.2 Å². The third-order valence-electron chi connectivity index (χ3n) is 3.40. The molecule has 5 nitrogen and oxygen atoms in total. The second-order valence-electron chi connectivity index (χ2n) is 5.22. The van der Waals surface area contributed by atoms with Crippen molar-refractivity contribution in [2.24, 2.45) is 4.99 Å². The van der Waals surface area contributed by atoms with Gasteiger partial charge in [0.05, 0.1) is 12.1 Å². The highest BCUT2D eigenvalue weighted by atomic mass is 35.5. The second-order valence-corrected chi connectivity index (χ2v) is 6.77. The Balaban J connectivity index is 1.75. The Morgan fingerprint density at radius 2 is 2.20 bits per heavy atom. The van der Waals surface area contributed by atoms with E-state index in [1.54, 1.807) is 0 Å². The molecular formula is C15H12ClF3N4OS. The van der Waals surface area contributed by atoms with Gasteiger partial charge in [-0.25, -0.2) is 4.98 Å². The number of anilines is 1. The summed E-state index contributed by atoms with van der Waals surface area (Å²) in [7, 11) is 0. The van der Waals surface area contributed by atoms with E-state index in [0.29, 0.717) is 23.1 Å². The minimum atomic E-state index is -4.46. The molecule has 1 aromatic heterocycles. The van der Waals surface area contributed by atoms with Gasteiger partial charge in [0, 0.05) is 29.1 Å². The largest absolute Gasteiger partial charge is 0.416 e. The number of carbonyl (C=O) groups is 1. The van der Waals surface area contributed by atoms with Crippen LogP contribution in [-0.4, -0.2) is 29.8 Å². The zero-order valence-corrected chi connectivity index (χ0v) is 14.2. The molecular weight excluding hydrogens is 377 g/mol. The van der Waals surface area contributed by atoms with E-state index in [1.807, 2.05) is 0 Å². The van der Waals surface area contributed by atoms with Gasteiger partial charge in [-0.3, -0.25) is 15.1 Å². The van der Waals surface area contributed by atoms with Crippen LogP contribution in [0.4, 0.5) is 18.3 Å². The monoisotopic (exact) mass is 388 g/mol. The van der Waals surface area contributed by atoms with Crippen LogP contribution in [0.3, 0.4) is 0 Å². The van der Waals surface area contributed by atoms with Crippen molar-refractivity contribution in [3.63, 3.8) is 0 Å². The maximum Gasteiger partial charge on any atom is 0.416 e. The van der Waals surface area contributed by atoms with Crippen LogP contribution in [-0.2, 0) is 17.4 Å². The van der Waals surface area contributed by atoms with Crippen molar-refractivity contribution in [1.29, 1.82) is 0 Å². The first kappa shape index (κ1) is 17.7. The number of nitrogens with zero attached hydrogens (tertiary/aromatic N) is 2. The maximum atomic E-state index is 13.1. The Labute approximate surface area is 149 Å². The lowest BCUT2D eigenvalue weighted by molar-refractivity contribution is -0.138. The van der Waals surface area contributed by atoms with Gasteiger partial charge >= 0.3 is 6.18 Å². The van der Waals surface area contributed by atoms with E-state index < -0.39 is 17.6 Å². The molecule has 2 heterocycles. The zero-order valence-electron chi connectivity index (χ0n) is 12.7. The molecule has 25 heavy (non-hydrogen) atoms. The average Bonchev–Trinajstić information content (AvgIpc) is 3.18. The SMILES string of the molecule is O=C(Nc1ncc(Cc2cc(Cl)ccc2C(F)(F)F)s1)C1=NCCN1. The molecule has 0 fully saturated rings. The number of hydrogen-bond donors (Lipinski definition) is 2. The van der Waals surface area contributed by atoms with Crippen LogP contribution < -0.4 is 10.6 Å². The van der Waals surface area contributed by atoms with Crippen molar-refractivity contribution >= 4 is 39.8 Å². The van der Waals surface area contributed by atoms with Gasteiger partial charge in [-0.15, -0.1) is 11.3 Å². The number of aliphatic imine (C=N–C) groups is 1. The van der Waals surface area contributed by atoms with Crippen LogP contribution in [0.5, 0.6) is 0 Å². The van der Waals surface area contributed by atoms with E-state index in [9.17, 15) is 18.0 Å². The first-order valence-corrected chi connectivity index (χ1v) is 8.42. The first-order chi connectivity index (χ1) is 11.8. The zero-order chi connectivity index (χ0) is 18.0. The fourth-order valence-electron chi connectivity index (χ4n) is 2.33. The van der Waals surface area contributed by atoms with Crippen LogP contribution in [0, 0.1) is 0 Å². The van der Waals surface area contributed by atoms with E-state index in [1.165, 1.54) is 18.3 Å². The number of halogens is 4. The molecule has 1 aliphatic rings. The summed E-state index contributed by atoms with van der Waals surface area (Å²) in [6.07, 6.45) is -3.01.